The first kappa shape index (κ1) is 29.0. The summed E-state index contributed by atoms with van der Waals surface area (Å²) in [4.78, 5) is 38.6. The van der Waals surface area contributed by atoms with Crippen molar-refractivity contribution in [2.75, 3.05) is 34.2 Å². The summed E-state index contributed by atoms with van der Waals surface area (Å²) in [7, 11) is 2.86. The molecule has 0 bridgehead atoms. The van der Waals surface area contributed by atoms with E-state index in [2.05, 4.69) is 10.6 Å². The SMILES string of the molecule is COc1cc([C@@H]2c3cc4c(cc3[C@@H](NC(=O)CCNC(=O)OCc3ccccc3)[C@H]3COC(=O)[C@H]23)OCO4)cc(OC)c1O. The summed E-state index contributed by atoms with van der Waals surface area (Å²) < 4.78 is 32.9. The maximum Gasteiger partial charge on any atom is 0.407 e. The summed E-state index contributed by atoms with van der Waals surface area (Å²) in [6, 6.07) is 15.7. The van der Waals surface area contributed by atoms with Gasteiger partial charge in [0.2, 0.25) is 18.4 Å². The third-order valence-corrected chi connectivity index (χ3v) is 8.20. The molecule has 6 rings (SSSR count). The lowest BCUT2D eigenvalue weighted by molar-refractivity contribution is -0.141. The van der Waals surface area contributed by atoms with E-state index < -0.39 is 35.9 Å². The lowest BCUT2D eigenvalue weighted by Gasteiger charge is -2.39. The van der Waals surface area contributed by atoms with Gasteiger partial charge in [-0.25, -0.2) is 4.79 Å². The molecule has 3 aromatic rings. The van der Waals surface area contributed by atoms with Gasteiger partial charge in [0.15, 0.2) is 23.0 Å². The Balaban J connectivity index is 1.25. The second kappa shape index (κ2) is 12.2. The summed E-state index contributed by atoms with van der Waals surface area (Å²) in [5.41, 5.74) is 2.99. The molecule has 1 aliphatic carbocycles. The van der Waals surface area contributed by atoms with Gasteiger partial charge in [0.1, 0.15) is 6.61 Å². The summed E-state index contributed by atoms with van der Waals surface area (Å²) in [5, 5.41) is 16.2. The van der Waals surface area contributed by atoms with Gasteiger partial charge in [-0.05, 0) is 46.5 Å². The van der Waals surface area contributed by atoms with Crippen LogP contribution in [0.15, 0.2) is 54.6 Å². The van der Waals surface area contributed by atoms with Crippen molar-refractivity contribution in [3.8, 4) is 28.7 Å². The number of amides is 2. The number of phenolic OH excluding ortho intramolecular Hbond substituents is 1. The van der Waals surface area contributed by atoms with E-state index in [4.69, 9.17) is 28.4 Å². The monoisotopic (exact) mass is 604 g/mol. The predicted octanol–water partition coefficient (Wildman–Crippen LogP) is 3.55. The number of alkyl carbamates (subject to hydrolysis) is 1. The van der Waals surface area contributed by atoms with Crippen LogP contribution in [0.2, 0.25) is 0 Å². The van der Waals surface area contributed by atoms with Crippen molar-refractivity contribution in [3.63, 3.8) is 0 Å². The number of carbonyl (C=O) groups is 3. The van der Waals surface area contributed by atoms with Gasteiger partial charge < -0.3 is 44.2 Å². The number of esters is 1. The molecule has 3 N–H and O–H groups in total. The second-order valence-corrected chi connectivity index (χ2v) is 10.7. The highest BCUT2D eigenvalue weighted by atomic mass is 16.7. The number of fused-ring (bicyclic) bond motifs is 3. The number of carbonyl (C=O) groups excluding carboxylic acids is 3. The van der Waals surface area contributed by atoms with Crippen LogP contribution in [-0.2, 0) is 25.7 Å². The summed E-state index contributed by atoms with van der Waals surface area (Å²) in [5.74, 6) is -1.09. The van der Waals surface area contributed by atoms with Gasteiger partial charge in [0.25, 0.3) is 0 Å². The van der Waals surface area contributed by atoms with E-state index in [9.17, 15) is 19.5 Å². The molecule has 230 valence electrons. The van der Waals surface area contributed by atoms with Crippen LogP contribution in [0.5, 0.6) is 28.7 Å². The highest BCUT2D eigenvalue weighted by Crippen LogP contribution is 2.55. The molecule has 44 heavy (non-hydrogen) atoms. The number of phenols is 1. The summed E-state index contributed by atoms with van der Waals surface area (Å²) in [6.07, 6.45) is -0.645. The van der Waals surface area contributed by atoms with E-state index in [0.29, 0.717) is 17.1 Å². The van der Waals surface area contributed by atoms with Crippen molar-refractivity contribution in [2.45, 2.75) is 25.0 Å². The molecule has 3 aromatic carbocycles. The zero-order valence-corrected chi connectivity index (χ0v) is 24.2. The average Bonchev–Trinajstić information content (AvgIpc) is 3.66. The molecule has 0 spiro atoms. The van der Waals surface area contributed by atoms with Gasteiger partial charge >= 0.3 is 12.1 Å². The fourth-order valence-electron chi connectivity index (χ4n) is 6.14. The zero-order chi connectivity index (χ0) is 30.8. The van der Waals surface area contributed by atoms with E-state index in [0.717, 1.165) is 16.7 Å². The molecule has 1 saturated heterocycles. The van der Waals surface area contributed by atoms with Crippen molar-refractivity contribution in [3.05, 3.63) is 76.9 Å². The topological polar surface area (TPSA) is 151 Å². The Morgan fingerprint density at radius 2 is 1.64 bits per heavy atom. The smallest absolute Gasteiger partial charge is 0.407 e. The summed E-state index contributed by atoms with van der Waals surface area (Å²) >= 11 is 0. The van der Waals surface area contributed by atoms with Crippen molar-refractivity contribution in [2.24, 2.45) is 11.8 Å². The Bertz CT molecular complexity index is 1550. The Labute approximate surface area is 253 Å². The van der Waals surface area contributed by atoms with Gasteiger partial charge in [-0.1, -0.05) is 30.3 Å². The molecule has 1 fully saturated rings. The minimum atomic E-state index is -0.668. The van der Waals surface area contributed by atoms with Gasteiger partial charge in [-0.15, -0.1) is 0 Å². The van der Waals surface area contributed by atoms with E-state index in [1.54, 1.807) is 12.1 Å². The standard InChI is InChI=1S/C32H32N2O10/c1-39-24-10-18(11-25(40-2)30(24)36)27-19-12-22-23(44-16-43-22)13-20(19)29(21-15-41-31(37)28(21)27)34-26(35)8-9-33-32(38)42-14-17-6-4-3-5-7-17/h3-7,10-13,21,27-29,36H,8-9,14-16H2,1-2H3,(H,33,38)(H,34,35)/t21-,27+,28-,29+/m0/s1. The Kier molecular flexibility index (Phi) is 8.05. The number of benzene rings is 3. The minimum absolute atomic E-state index is 0.0151. The first-order valence-electron chi connectivity index (χ1n) is 14.2. The largest absolute Gasteiger partial charge is 0.502 e. The lowest BCUT2D eigenvalue weighted by Crippen LogP contribution is -2.43. The molecule has 0 radical (unpaired) electrons. The normalized spacial score (nSPS) is 21.0. The number of rotatable bonds is 9. The molecule has 2 heterocycles. The second-order valence-electron chi connectivity index (χ2n) is 10.7. The molecular formula is C32H32N2O10. The maximum atomic E-state index is 13.3. The number of hydrogen-bond acceptors (Lipinski definition) is 10. The van der Waals surface area contributed by atoms with Crippen molar-refractivity contribution in [1.82, 2.24) is 10.6 Å². The van der Waals surface area contributed by atoms with Crippen LogP contribution in [0.25, 0.3) is 0 Å². The Morgan fingerprint density at radius 1 is 0.955 bits per heavy atom. The molecule has 0 aromatic heterocycles. The first-order valence-corrected chi connectivity index (χ1v) is 14.2. The van der Waals surface area contributed by atoms with Crippen LogP contribution in [0.4, 0.5) is 4.79 Å². The van der Waals surface area contributed by atoms with Crippen LogP contribution in [0, 0.1) is 11.8 Å². The minimum Gasteiger partial charge on any atom is -0.502 e. The van der Waals surface area contributed by atoms with Gasteiger partial charge in [-0.2, -0.15) is 0 Å². The van der Waals surface area contributed by atoms with Crippen molar-refractivity contribution < 1.29 is 47.9 Å². The van der Waals surface area contributed by atoms with Crippen LogP contribution >= 0.6 is 0 Å². The van der Waals surface area contributed by atoms with Gasteiger partial charge in [0.05, 0.1) is 32.8 Å². The van der Waals surface area contributed by atoms with E-state index >= 15 is 0 Å². The van der Waals surface area contributed by atoms with Crippen LogP contribution in [0.1, 0.15) is 40.6 Å². The third-order valence-electron chi connectivity index (χ3n) is 8.20. The van der Waals surface area contributed by atoms with Crippen LogP contribution in [0.3, 0.4) is 0 Å². The molecule has 2 aliphatic heterocycles. The molecule has 12 heteroatoms. The molecule has 2 amide bonds. The zero-order valence-electron chi connectivity index (χ0n) is 24.2. The van der Waals surface area contributed by atoms with Gasteiger partial charge in [0, 0.05) is 24.8 Å². The molecule has 0 unspecified atom stereocenters. The highest BCUT2D eigenvalue weighted by molar-refractivity contribution is 5.81. The van der Waals surface area contributed by atoms with Crippen LogP contribution in [-0.4, -0.2) is 57.2 Å². The van der Waals surface area contributed by atoms with Gasteiger partial charge in [-0.3, -0.25) is 9.59 Å². The van der Waals surface area contributed by atoms with E-state index in [-0.39, 0.29) is 56.1 Å². The molecule has 0 saturated carbocycles. The lowest BCUT2D eigenvalue weighted by atomic mass is 9.65. The van der Waals surface area contributed by atoms with Crippen molar-refractivity contribution >= 4 is 18.0 Å². The molecule has 4 atom stereocenters. The number of nitrogens with one attached hydrogen (secondary N) is 2. The fraction of sp³-hybridized carbons (Fsp3) is 0.344. The fourth-order valence-corrected chi connectivity index (χ4v) is 6.14. The Hall–Kier alpha value is -5.13. The Morgan fingerprint density at radius 3 is 2.32 bits per heavy atom. The molecular weight excluding hydrogens is 572 g/mol. The highest BCUT2D eigenvalue weighted by Gasteiger charge is 2.53. The predicted molar refractivity (Wildman–Crippen MR) is 154 cm³/mol. The summed E-state index contributed by atoms with van der Waals surface area (Å²) in [6.45, 7) is 0.307. The number of aromatic hydroxyl groups is 1. The molecule has 3 aliphatic rings. The van der Waals surface area contributed by atoms with E-state index in [1.807, 2.05) is 42.5 Å². The number of ether oxygens (including phenoxy) is 6. The number of cyclic esters (lactones) is 1. The maximum absolute atomic E-state index is 13.3. The average molecular weight is 605 g/mol. The quantitative estimate of drug-likeness (QED) is 0.310. The van der Waals surface area contributed by atoms with E-state index in [1.165, 1.54) is 14.2 Å². The van der Waals surface area contributed by atoms with Crippen molar-refractivity contribution in [1.29, 1.82) is 0 Å². The third kappa shape index (κ3) is 5.50. The first-order chi connectivity index (χ1) is 21.4. The number of hydrogen-bond donors (Lipinski definition) is 3. The number of methoxy groups -OCH3 is 2. The molecule has 12 nitrogen and oxygen atoms in total. The van der Waals surface area contributed by atoms with Crippen LogP contribution < -0.4 is 29.6 Å².